The fraction of sp³-hybridized carbons (Fsp3) is 0.375. The minimum absolute atomic E-state index is 0.222. The zero-order valence-electron chi connectivity index (χ0n) is 6.64. The summed E-state index contributed by atoms with van der Waals surface area (Å²) in [6.07, 6.45) is 10.2. The Morgan fingerprint density at radius 1 is 1.73 bits per heavy atom. The Hall–Kier alpha value is -1.25. The zero-order chi connectivity index (χ0) is 8.10. The van der Waals surface area contributed by atoms with Crippen LogP contribution in [-0.2, 0) is 0 Å². The van der Waals surface area contributed by atoms with Gasteiger partial charge >= 0.3 is 0 Å². The Morgan fingerprint density at radius 3 is 3.18 bits per heavy atom. The van der Waals surface area contributed by atoms with Crippen molar-refractivity contribution in [2.45, 2.75) is 19.5 Å². The van der Waals surface area contributed by atoms with Crippen LogP contribution in [0.1, 0.15) is 13.3 Å². The molecule has 0 bridgehead atoms. The molecule has 0 amide bonds. The van der Waals surface area contributed by atoms with Gasteiger partial charge in [0.1, 0.15) is 6.17 Å². The molecule has 0 fully saturated rings. The highest BCUT2D eigenvalue weighted by molar-refractivity contribution is 5.71. The SMILES string of the molecule is CCC1N=CC=CN1/C=C\N. The Kier molecular flexibility index (Phi) is 2.72. The molecule has 0 radical (unpaired) electrons. The number of nitrogens with two attached hydrogens (primary N) is 1. The molecule has 1 atom stereocenters. The van der Waals surface area contributed by atoms with Crippen LogP contribution in [0.25, 0.3) is 0 Å². The van der Waals surface area contributed by atoms with Gasteiger partial charge in [-0.15, -0.1) is 0 Å². The molecule has 0 saturated carbocycles. The summed E-state index contributed by atoms with van der Waals surface area (Å²) in [6.45, 7) is 2.10. The van der Waals surface area contributed by atoms with Gasteiger partial charge < -0.3 is 10.6 Å². The van der Waals surface area contributed by atoms with Crippen LogP contribution in [0.4, 0.5) is 0 Å². The van der Waals surface area contributed by atoms with Crippen LogP contribution in [0, 0.1) is 0 Å². The van der Waals surface area contributed by atoms with Crippen LogP contribution < -0.4 is 5.73 Å². The van der Waals surface area contributed by atoms with Crippen molar-refractivity contribution in [3.8, 4) is 0 Å². The Balaban J connectivity index is 2.62. The number of allylic oxidation sites excluding steroid dienone is 1. The molecule has 0 aromatic heterocycles. The van der Waals surface area contributed by atoms with E-state index in [0.29, 0.717) is 0 Å². The molecular weight excluding hydrogens is 138 g/mol. The van der Waals surface area contributed by atoms with Crippen molar-refractivity contribution in [1.29, 1.82) is 0 Å². The largest absolute Gasteiger partial charge is 0.403 e. The van der Waals surface area contributed by atoms with Gasteiger partial charge in [-0.25, -0.2) is 0 Å². The average Bonchev–Trinajstić information content (AvgIpc) is 2.06. The van der Waals surface area contributed by atoms with Gasteiger partial charge in [0.2, 0.25) is 0 Å². The second-order valence-electron chi connectivity index (χ2n) is 2.32. The fourth-order valence-corrected chi connectivity index (χ4v) is 1.03. The maximum absolute atomic E-state index is 5.27. The predicted molar refractivity (Wildman–Crippen MR) is 46.9 cm³/mol. The van der Waals surface area contributed by atoms with E-state index in [0.717, 1.165) is 6.42 Å². The van der Waals surface area contributed by atoms with E-state index in [4.69, 9.17) is 5.73 Å². The lowest BCUT2D eigenvalue weighted by molar-refractivity contribution is 0.363. The summed E-state index contributed by atoms with van der Waals surface area (Å²) in [5, 5.41) is 0. The van der Waals surface area contributed by atoms with Crippen molar-refractivity contribution in [1.82, 2.24) is 4.90 Å². The second kappa shape index (κ2) is 3.81. The smallest absolute Gasteiger partial charge is 0.124 e. The minimum atomic E-state index is 0.222. The van der Waals surface area contributed by atoms with Crippen LogP contribution in [0.2, 0.25) is 0 Å². The third-order valence-electron chi connectivity index (χ3n) is 1.57. The number of aliphatic imine (C=N–C) groups is 1. The molecular formula is C8H13N3. The maximum atomic E-state index is 5.27. The van der Waals surface area contributed by atoms with Gasteiger partial charge in [0.15, 0.2) is 0 Å². The first-order chi connectivity index (χ1) is 5.38. The zero-order valence-corrected chi connectivity index (χ0v) is 6.64. The third-order valence-corrected chi connectivity index (χ3v) is 1.57. The molecule has 1 heterocycles. The first-order valence-electron chi connectivity index (χ1n) is 3.74. The molecule has 3 nitrogen and oxygen atoms in total. The Bertz CT molecular complexity index is 194. The predicted octanol–water partition coefficient (Wildman–Crippen LogP) is 1.05. The minimum Gasteiger partial charge on any atom is -0.403 e. The summed E-state index contributed by atoms with van der Waals surface area (Å²) in [6, 6.07) is 0. The molecule has 0 spiro atoms. The monoisotopic (exact) mass is 151 g/mol. The molecule has 2 N–H and O–H groups in total. The highest BCUT2D eigenvalue weighted by atomic mass is 15.2. The van der Waals surface area contributed by atoms with E-state index in [1.54, 1.807) is 0 Å². The van der Waals surface area contributed by atoms with E-state index in [1.165, 1.54) is 6.20 Å². The standard InChI is InChI=1S/C8H13N3/c1-2-8-10-5-3-6-11(8)7-4-9/h3-8H,2,9H2,1H3/b7-4-. The van der Waals surface area contributed by atoms with Gasteiger partial charge in [0, 0.05) is 24.8 Å². The van der Waals surface area contributed by atoms with Crippen LogP contribution in [0.5, 0.6) is 0 Å². The van der Waals surface area contributed by atoms with Crippen molar-refractivity contribution in [3.63, 3.8) is 0 Å². The summed E-state index contributed by atoms with van der Waals surface area (Å²) < 4.78 is 0. The van der Waals surface area contributed by atoms with Crippen molar-refractivity contribution < 1.29 is 0 Å². The molecule has 1 rings (SSSR count). The van der Waals surface area contributed by atoms with Gasteiger partial charge in [0.25, 0.3) is 0 Å². The molecule has 1 unspecified atom stereocenters. The van der Waals surface area contributed by atoms with Gasteiger partial charge in [-0.3, -0.25) is 4.99 Å². The number of nitrogens with zero attached hydrogens (tertiary/aromatic N) is 2. The molecule has 60 valence electrons. The summed E-state index contributed by atoms with van der Waals surface area (Å²) in [5.74, 6) is 0. The van der Waals surface area contributed by atoms with E-state index in [9.17, 15) is 0 Å². The number of hydrogen-bond donors (Lipinski definition) is 1. The van der Waals surface area contributed by atoms with Crippen molar-refractivity contribution in [2.75, 3.05) is 0 Å². The highest BCUT2D eigenvalue weighted by Crippen LogP contribution is 2.09. The Morgan fingerprint density at radius 2 is 2.55 bits per heavy atom. The molecule has 3 heteroatoms. The van der Waals surface area contributed by atoms with Crippen molar-refractivity contribution in [2.24, 2.45) is 10.7 Å². The van der Waals surface area contributed by atoms with Crippen LogP contribution >= 0.6 is 0 Å². The van der Waals surface area contributed by atoms with Crippen molar-refractivity contribution in [3.05, 3.63) is 24.7 Å². The van der Waals surface area contributed by atoms with E-state index in [-0.39, 0.29) is 6.17 Å². The number of rotatable bonds is 2. The topological polar surface area (TPSA) is 41.6 Å². The van der Waals surface area contributed by atoms with E-state index < -0.39 is 0 Å². The lowest BCUT2D eigenvalue weighted by Gasteiger charge is -2.24. The van der Waals surface area contributed by atoms with Gasteiger partial charge in [-0.05, 0) is 12.5 Å². The first kappa shape index (κ1) is 7.85. The Labute approximate surface area is 66.9 Å². The summed E-state index contributed by atoms with van der Waals surface area (Å²) in [4.78, 5) is 6.24. The summed E-state index contributed by atoms with van der Waals surface area (Å²) in [5.41, 5.74) is 5.27. The lowest BCUT2D eigenvalue weighted by Crippen LogP contribution is -2.25. The summed E-state index contributed by atoms with van der Waals surface area (Å²) in [7, 11) is 0. The number of hydrogen-bond acceptors (Lipinski definition) is 3. The van der Waals surface area contributed by atoms with E-state index in [2.05, 4.69) is 11.9 Å². The average molecular weight is 151 g/mol. The quantitative estimate of drug-likeness (QED) is 0.641. The van der Waals surface area contributed by atoms with Crippen molar-refractivity contribution >= 4 is 6.21 Å². The third kappa shape index (κ3) is 1.83. The molecule has 0 aromatic carbocycles. The molecule has 1 aliphatic heterocycles. The molecule has 0 saturated heterocycles. The highest BCUT2D eigenvalue weighted by Gasteiger charge is 2.09. The van der Waals surface area contributed by atoms with Crippen LogP contribution in [-0.4, -0.2) is 17.3 Å². The maximum Gasteiger partial charge on any atom is 0.124 e. The van der Waals surface area contributed by atoms with Crippen LogP contribution in [0.3, 0.4) is 0 Å². The lowest BCUT2D eigenvalue weighted by atomic mass is 10.3. The first-order valence-corrected chi connectivity index (χ1v) is 3.74. The van der Waals surface area contributed by atoms with Gasteiger partial charge in [0.05, 0.1) is 0 Å². The normalized spacial score (nSPS) is 23.4. The summed E-state index contributed by atoms with van der Waals surface area (Å²) >= 11 is 0. The fourth-order valence-electron chi connectivity index (χ4n) is 1.03. The molecule has 1 aliphatic rings. The van der Waals surface area contributed by atoms with E-state index >= 15 is 0 Å². The van der Waals surface area contributed by atoms with Gasteiger partial charge in [-0.1, -0.05) is 6.92 Å². The molecule has 0 aliphatic carbocycles. The van der Waals surface area contributed by atoms with Gasteiger partial charge in [-0.2, -0.15) is 0 Å². The van der Waals surface area contributed by atoms with Crippen LogP contribution in [0.15, 0.2) is 29.7 Å². The molecule has 0 aromatic rings. The molecule has 11 heavy (non-hydrogen) atoms. The van der Waals surface area contributed by atoms with E-state index in [1.807, 2.05) is 29.6 Å². The second-order valence-corrected chi connectivity index (χ2v) is 2.32.